The van der Waals surface area contributed by atoms with E-state index in [4.69, 9.17) is 11.6 Å². The third kappa shape index (κ3) is 2.67. The molecule has 6 nitrogen and oxygen atoms in total. The molecule has 21 heavy (non-hydrogen) atoms. The van der Waals surface area contributed by atoms with Crippen molar-refractivity contribution >= 4 is 23.2 Å². The normalized spacial score (nSPS) is 14.5. The Hall–Kier alpha value is -2.21. The fourth-order valence-electron chi connectivity index (χ4n) is 2.34. The molecule has 1 N–H and O–H groups in total. The highest BCUT2D eigenvalue weighted by molar-refractivity contribution is 6.28. The maximum atomic E-state index is 5.72. The van der Waals surface area contributed by atoms with Gasteiger partial charge >= 0.3 is 0 Å². The predicted molar refractivity (Wildman–Crippen MR) is 79.3 cm³/mol. The zero-order valence-electron chi connectivity index (χ0n) is 11.2. The van der Waals surface area contributed by atoms with E-state index in [0.29, 0.717) is 12.5 Å². The number of nitrogens with one attached hydrogen (secondary N) is 1. The zero-order chi connectivity index (χ0) is 14.2. The number of fused-ring (bicyclic) bond motifs is 1. The first-order valence-electron chi connectivity index (χ1n) is 6.84. The molecular weight excluding hydrogens is 288 g/mol. The van der Waals surface area contributed by atoms with E-state index in [1.807, 2.05) is 6.20 Å². The third-order valence-electron chi connectivity index (χ3n) is 3.54. The maximum Gasteiger partial charge on any atom is 0.227 e. The van der Waals surface area contributed by atoms with Crippen molar-refractivity contribution in [1.82, 2.24) is 24.3 Å². The Morgan fingerprint density at radius 3 is 2.90 bits per heavy atom. The summed E-state index contributed by atoms with van der Waals surface area (Å²) in [5.41, 5.74) is 3.27. The highest BCUT2D eigenvalue weighted by Crippen LogP contribution is 2.39. The van der Waals surface area contributed by atoms with Crippen molar-refractivity contribution < 1.29 is 0 Å². The summed E-state index contributed by atoms with van der Waals surface area (Å²) < 4.78 is 2.07. The Balaban J connectivity index is 1.53. The van der Waals surface area contributed by atoms with E-state index < -0.39 is 0 Å². The van der Waals surface area contributed by atoms with Crippen LogP contribution in [0.3, 0.4) is 0 Å². The van der Waals surface area contributed by atoms with Gasteiger partial charge in [0.25, 0.3) is 0 Å². The molecule has 0 unspecified atom stereocenters. The number of nitrogens with zero attached hydrogens (tertiary/aromatic N) is 5. The number of aromatic nitrogens is 5. The van der Waals surface area contributed by atoms with Crippen LogP contribution in [0.5, 0.6) is 0 Å². The second-order valence-corrected chi connectivity index (χ2v) is 5.50. The highest BCUT2D eigenvalue weighted by atomic mass is 35.5. The molecule has 0 aliphatic heterocycles. The molecule has 3 aromatic rings. The summed E-state index contributed by atoms with van der Waals surface area (Å²) in [5, 5.41) is 3.27. The minimum absolute atomic E-state index is 0.177. The maximum absolute atomic E-state index is 5.72. The molecule has 0 radical (unpaired) electrons. The first-order valence-corrected chi connectivity index (χ1v) is 7.22. The number of pyridine rings is 1. The number of hydrogen-bond donors (Lipinski definition) is 1. The molecular formula is C14H13ClN6. The van der Waals surface area contributed by atoms with Gasteiger partial charge in [-0.3, -0.25) is 0 Å². The average molecular weight is 301 g/mol. The van der Waals surface area contributed by atoms with Crippen LogP contribution in [0.2, 0.25) is 5.28 Å². The SMILES string of the molecule is Clc1ncnc(NCc2cn3cc(C4CC4)ccc3n2)n1. The molecule has 106 valence electrons. The van der Waals surface area contributed by atoms with Gasteiger partial charge in [-0.1, -0.05) is 6.07 Å². The summed E-state index contributed by atoms with van der Waals surface area (Å²) in [6.45, 7) is 0.542. The molecule has 1 aliphatic rings. The number of halogens is 1. The smallest absolute Gasteiger partial charge is 0.227 e. The van der Waals surface area contributed by atoms with E-state index in [-0.39, 0.29) is 5.28 Å². The molecule has 1 aliphatic carbocycles. The molecule has 0 aromatic carbocycles. The summed E-state index contributed by atoms with van der Waals surface area (Å²) >= 11 is 5.72. The lowest BCUT2D eigenvalue weighted by molar-refractivity contribution is 0.984. The molecule has 3 heterocycles. The van der Waals surface area contributed by atoms with Crippen molar-refractivity contribution in [2.45, 2.75) is 25.3 Å². The lowest BCUT2D eigenvalue weighted by Crippen LogP contribution is -2.04. The number of hydrogen-bond acceptors (Lipinski definition) is 5. The Labute approximate surface area is 126 Å². The number of anilines is 1. The van der Waals surface area contributed by atoms with Crippen LogP contribution in [0.4, 0.5) is 5.95 Å². The summed E-state index contributed by atoms with van der Waals surface area (Å²) in [6.07, 6.45) is 8.17. The molecule has 7 heteroatoms. The van der Waals surface area contributed by atoms with Gasteiger partial charge in [0.15, 0.2) is 0 Å². The molecule has 0 spiro atoms. The minimum atomic E-state index is 0.177. The summed E-state index contributed by atoms with van der Waals surface area (Å²) in [6, 6.07) is 4.24. The van der Waals surface area contributed by atoms with Crippen molar-refractivity contribution in [2.24, 2.45) is 0 Å². The first kappa shape index (κ1) is 12.5. The van der Waals surface area contributed by atoms with Crippen molar-refractivity contribution in [3.8, 4) is 0 Å². The van der Waals surface area contributed by atoms with Crippen LogP contribution >= 0.6 is 11.6 Å². The van der Waals surface area contributed by atoms with Gasteiger partial charge in [-0.25, -0.2) is 15.0 Å². The van der Waals surface area contributed by atoms with Crippen LogP contribution in [0.15, 0.2) is 30.9 Å². The van der Waals surface area contributed by atoms with Crippen LogP contribution in [0.25, 0.3) is 5.65 Å². The van der Waals surface area contributed by atoms with Gasteiger partial charge < -0.3 is 9.72 Å². The van der Waals surface area contributed by atoms with Gasteiger partial charge in [0, 0.05) is 12.4 Å². The molecule has 0 saturated heterocycles. The van der Waals surface area contributed by atoms with Crippen LogP contribution in [0, 0.1) is 0 Å². The largest absolute Gasteiger partial charge is 0.348 e. The van der Waals surface area contributed by atoms with E-state index in [1.165, 1.54) is 24.7 Å². The highest BCUT2D eigenvalue weighted by Gasteiger charge is 2.23. The Bertz CT molecular complexity index is 795. The Morgan fingerprint density at radius 1 is 1.19 bits per heavy atom. The van der Waals surface area contributed by atoms with Crippen LogP contribution in [-0.2, 0) is 6.54 Å². The van der Waals surface area contributed by atoms with E-state index in [2.05, 4.69) is 48.0 Å². The molecule has 0 atom stereocenters. The molecule has 0 bridgehead atoms. The fraction of sp³-hybridized carbons (Fsp3) is 0.286. The van der Waals surface area contributed by atoms with E-state index in [9.17, 15) is 0 Å². The van der Waals surface area contributed by atoms with E-state index in [1.54, 1.807) is 0 Å². The van der Waals surface area contributed by atoms with Crippen LogP contribution < -0.4 is 5.32 Å². The van der Waals surface area contributed by atoms with Gasteiger partial charge in [-0.2, -0.15) is 4.98 Å². The van der Waals surface area contributed by atoms with E-state index >= 15 is 0 Å². The van der Waals surface area contributed by atoms with Gasteiger partial charge in [0.1, 0.15) is 12.0 Å². The minimum Gasteiger partial charge on any atom is -0.348 e. The quantitative estimate of drug-likeness (QED) is 0.802. The first-order chi connectivity index (χ1) is 10.3. The predicted octanol–water partition coefficient (Wildman–Crippen LogP) is 2.66. The van der Waals surface area contributed by atoms with Gasteiger partial charge in [-0.15, -0.1) is 0 Å². The second-order valence-electron chi connectivity index (χ2n) is 5.17. The molecule has 0 amide bonds. The standard InChI is InChI=1S/C14H13ClN6/c15-13-17-8-18-14(20-13)16-5-11-7-21-6-10(9-1-2-9)3-4-12(21)19-11/h3-4,6-9H,1-2,5H2,(H,16,17,18,20). The molecule has 1 saturated carbocycles. The summed E-state index contributed by atoms with van der Waals surface area (Å²) in [4.78, 5) is 16.3. The monoisotopic (exact) mass is 300 g/mol. The van der Waals surface area contributed by atoms with Crippen molar-refractivity contribution in [1.29, 1.82) is 0 Å². The zero-order valence-corrected chi connectivity index (χ0v) is 12.0. The molecule has 1 fully saturated rings. The van der Waals surface area contributed by atoms with Crippen LogP contribution in [0.1, 0.15) is 30.0 Å². The van der Waals surface area contributed by atoms with Crippen molar-refractivity contribution in [3.05, 3.63) is 47.4 Å². The lowest BCUT2D eigenvalue weighted by atomic mass is 10.2. The van der Waals surface area contributed by atoms with E-state index in [0.717, 1.165) is 17.3 Å². The molecule has 4 rings (SSSR count). The third-order valence-corrected chi connectivity index (χ3v) is 3.72. The Morgan fingerprint density at radius 2 is 2.10 bits per heavy atom. The van der Waals surface area contributed by atoms with Crippen LogP contribution in [-0.4, -0.2) is 24.3 Å². The average Bonchev–Trinajstić information content (AvgIpc) is 3.25. The summed E-state index contributed by atoms with van der Waals surface area (Å²) in [7, 11) is 0. The van der Waals surface area contributed by atoms with Gasteiger partial charge in [0.05, 0.1) is 12.2 Å². The lowest BCUT2D eigenvalue weighted by Gasteiger charge is -2.00. The summed E-state index contributed by atoms with van der Waals surface area (Å²) in [5.74, 6) is 1.19. The Kier molecular flexibility index (Phi) is 2.96. The fourth-order valence-corrected chi connectivity index (χ4v) is 2.46. The molecule has 3 aromatic heterocycles. The number of rotatable bonds is 4. The number of imidazole rings is 1. The second kappa shape index (κ2) is 4.96. The van der Waals surface area contributed by atoms with Crippen molar-refractivity contribution in [3.63, 3.8) is 0 Å². The van der Waals surface area contributed by atoms with Crippen molar-refractivity contribution in [2.75, 3.05) is 5.32 Å². The van der Waals surface area contributed by atoms with Gasteiger partial charge in [0.2, 0.25) is 11.2 Å². The topological polar surface area (TPSA) is 68.0 Å². The van der Waals surface area contributed by atoms with Gasteiger partial charge in [-0.05, 0) is 42.0 Å².